The zero-order chi connectivity index (χ0) is 20.3. The van der Waals surface area contributed by atoms with Gasteiger partial charge in [-0.25, -0.2) is 18.3 Å². The third-order valence-electron chi connectivity index (χ3n) is 3.61. The van der Waals surface area contributed by atoms with Gasteiger partial charge in [0.1, 0.15) is 17.7 Å². The number of nitriles is 1. The van der Waals surface area contributed by atoms with Crippen molar-refractivity contribution in [2.24, 2.45) is 0 Å². The van der Waals surface area contributed by atoms with Crippen LogP contribution >= 0.6 is 11.6 Å². The maximum absolute atomic E-state index is 13.8. The summed E-state index contributed by atoms with van der Waals surface area (Å²) in [5.74, 6) is -1.41. The topological polar surface area (TPSA) is 77.1 Å². The molecule has 0 spiro atoms. The van der Waals surface area contributed by atoms with Crippen LogP contribution in [0.25, 0.3) is 16.9 Å². The summed E-state index contributed by atoms with van der Waals surface area (Å²) in [6.45, 7) is 1.72. The molecule has 0 saturated heterocycles. The molecule has 142 valence electrons. The lowest BCUT2D eigenvalue weighted by Gasteiger charge is -2.08. The van der Waals surface area contributed by atoms with E-state index < -0.39 is 17.8 Å². The molecule has 0 saturated carbocycles. The number of hydrogen-bond donors (Lipinski definition) is 0. The summed E-state index contributed by atoms with van der Waals surface area (Å²) in [5.41, 5.74) is 0.728. The minimum Gasteiger partial charge on any atom is -0.434 e. The second-order valence-electron chi connectivity index (χ2n) is 5.50. The molecule has 0 fully saturated rings. The fourth-order valence-corrected chi connectivity index (χ4v) is 2.70. The molecule has 3 aromatic rings. The Balaban J connectivity index is 2.15. The second-order valence-corrected chi connectivity index (χ2v) is 5.94. The minimum absolute atomic E-state index is 0.107. The third-order valence-corrected chi connectivity index (χ3v) is 3.83. The van der Waals surface area contributed by atoms with Gasteiger partial charge in [0.2, 0.25) is 5.88 Å². The first kappa shape index (κ1) is 19.3. The Hall–Kier alpha value is -3.44. The molecule has 0 aliphatic rings. The molecule has 0 bridgehead atoms. The van der Waals surface area contributed by atoms with Gasteiger partial charge in [-0.2, -0.15) is 5.26 Å². The number of carbonyl (C=O) groups is 1. The molecule has 0 amide bonds. The van der Waals surface area contributed by atoms with Gasteiger partial charge >= 0.3 is 6.16 Å². The normalized spacial score (nSPS) is 10.4. The van der Waals surface area contributed by atoms with Crippen LogP contribution in [0.1, 0.15) is 12.5 Å². The fraction of sp³-hybridized carbons (Fsp3) is 0.105. The van der Waals surface area contributed by atoms with E-state index in [2.05, 4.69) is 5.10 Å². The van der Waals surface area contributed by atoms with Crippen molar-refractivity contribution in [2.75, 3.05) is 6.61 Å². The number of hydrogen-bond acceptors (Lipinski definition) is 5. The maximum Gasteiger partial charge on any atom is 0.515 e. The highest BCUT2D eigenvalue weighted by Gasteiger charge is 2.18. The Labute approximate surface area is 163 Å². The van der Waals surface area contributed by atoms with Crippen LogP contribution in [-0.4, -0.2) is 22.5 Å². The van der Waals surface area contributed by atoms with Crippen LogP contribution in [0.4, 0.5) is 13.6 Å². The molecule has 9 heteroatoms. The first-order valence-corrected chi connectivity index (χ1v) is 8.40. The van der Waals surface area contributed by atoms with Crippen molar-refractivity contribution in [1.82, 2.24) is 9.78 Å². The molecule has 0 N–H and O–H groups in total. The number of ether oxygens (including phenoxy) is 2. The van der Waals surface area contributed by atoms with E-state index in [-0.39, 0.29) is 23.1 Å². The molecule has 28 heavy (non-hydrogen) atoms. The van der Waals surface area contributed by atoms with Gasteiger partial charge in [-0.3, -0.25) is 0 Å². The summed E-state index contributed by atoms with van der Waals surface area (Å²) in [6.07, 6.45) is -0.965. The maximum atomic E-state index is 13.8. The second kappa shape index (κ2) is 8.06. The van der Waals surface area contributed by atoms with E-state index in [1.165, 1.54) is 35.0 Å². The highest BCUT2D eigenvalue weighted by atomic mass is 35.5. The summed E-state index contributed by atoms with van der Waals surface area (Å²) in [6, 6.07) is 10.7. The van der Waals surface area contributed by atoms with E-state index in [1.807, 2.05) is 0 Å². The number of benzene rings is 2. The van der Waals surface area contributed by atoms with E-state index >= 15 is 0 Å². The van der Waals surface area contributed by atoms with Gasteiger partial charge in [-0.1, -0.05) is 11.6 Å². The van der Waals surface area contributed by atoms with E-state index in [1.54, 1.807) is 13.0 Å². The van der Waals surface area contributed by atoms with Crippen molar-refractivity contribution in [3.8, 4) is 28.9 Å². The van der Waals surface area contributed by atoms with E-state index in [0.717, 1.165) is 12.1 Å². The molecular formula is C19H12ClF2N3O3. The Morgan fingerprint density at radius 1 is 1.25 bits per heavy atom. The first-order chi connectivity index (χ1) is 13.4. The predicted molar refractivity (Wildman–Crippen MR) is 96.3 cm³/mol. The lowest BCUT2D eigenvalue weighted by atomic mass is 10.1. The molecule has 0 radical (unpaired) electrons. The summed E-state index contributed by atoms with van der Waals surface area (Å²) in [7, 11) is 0. The van der Waals surface area contributed by atoms with Crippen LogP contribution in [0.5, 0.6) is 5.88 Å². The van der Waals surface area contributed by atoms with Gasteiger partial charge in [0.25, 0.3) is 0 Å². The predicted octanol–water partition coefficient (Wildman–Crippen LogP) is 4.88. The molecule has 0 aliphatic heterocycles. The average Bonchev–Trinajstić information content (AvgIpc) is 3.05. The van der Waals surface area contributed by atoms with E-state index in [4.69, 9.17) is 26.3 Å². The van der Waals surface area contributed by atoms with Crippen LogP contribution in [-0.2, 0) is 4.74 Å². The molecule has 1 heterocycles. The van der Waals surface area contributed by atoms with Crippen molar-refractivity contribution >= 4 is 17.8 Å². The zero-order valence-corrected chi connectivity index (χ0v) is 15.2. The SMILES string of the molecule is CCOC(=O)Oc1cc(-c2cc(F)cc(Cl)c2)n(-c2ccc(F)c(C#N)c2)n1. The smallest absolute Gasteiger partial charge is 0.434 e. The zero-order valence-electron chi connectivity index (χ0n) is 14.4. The van der Waals surface area contributed by atoms with Gasteiger partial charge in [0, 0.05) is 16.7 Å². The summed E-state index contributed by atoms with van der Waals surface area (Å²) in [4.78, 5) is 11.6. The summed E-state index contributed by atoms with van der Waals surface area (Å²) in [5, 5.41) is 13.3. The lowest BCUT2D eigenvalue weighted by Crippen LogP contribution is -2.10. The van der Waals surface area contributed by atoms with Gasteiger partial charge in [0.15, 0.2) is 0 Å². The minimum atomic E-state index is -0.965. The third kappa shape index (κ3) is 4.10. The van der Waals surface area contributed by atoms with Gasteiger partial charge in [0.05, 0.1) is 23.6 Å². The number of nitrogens with zero attached hydrogens (tertiary/aromatic N) is 3. The summed E-state index contributed by atoms with van der Waals surface area (Å²) < 4.78 is 38.5. The molecular weight excluding hydrogens is 392 g/mol. The van der Waals surface area contributed by atoms with E-state index in [0.29, 0.717) is 16.9 Å². The number of aromatic nitrogens is 2. The van der Waals surface area contributed by atoms with Crippen molar-refractivity contribution in [3.05, 3.63) is 64.7 Å². The molecule has 0 atom stereocenters. The highest BCUT2D eigenvalue weighted by Crippen LogP contribution is 2.30. The van der Waals surface area contributed by atoms with Crippen LogP contribution in [0.3, 0.4) is 0 Å². The molecule has 2 aromatic carbocycles. The standard InChI is InChI=1S/C19H12ClF2N3O3/c1-2-27-19(26)28-18-9-17(11-5-13(20)8-14(21)6-11)25(24-18)15-3-4-16(22)12(7-15)10-23/h3-9H,2H2,1H3. The first-order valence-electron chi connectivity index (χ1n) is 8.02. The Kier molecular flexibility index (Phi) is 5.57. The Morgan fingerprint density at radius 2 is 2.04 bits per heavy atom. The summed E-state index contributed by atoms with van der Waals surface area (Å²) >= 11 is 5.93. The van der Waals surface area contributed by atoms with E-state index in [9.17, 15) is 13.6 Å². The molecule has 1 aromatic heterocycles. The number of halogens is 3. The molecule has 3 rings (SSSR count). The average molecular weight is 404 g/mol. The van der Waals surface area contributed by atoms with Crippen LogP contribution < -0.4 is 4.74 Å². The Bertz CT molecular complexity index is 1070. The van der Waals surface area contributed by atoms with Crippen LogP contribution in [0.2, 0.25) is 5.02 Å². The Morgan fingerprint density at radius 3 is 2.71 bits per heavy atom. The van der Waals surface area contributed by atoms with Gasteiger partial charge < -0.3 is 9.47 Å². The van der Waals surface area contributed by atoms with Crippen molar-refractivity contribution in [3.63, 3.8) is 0 Å². The van der Waals surface area contributed by atoms with Gasteiger partial charge in [-0.15, -0.1) is 5.10 Å². The molecule has 6 nitrogen and oxygen atoms in total. The molecule has 0 aliphatic carbocycles. The number of carbonyl (C=O) groups excluding carboxylic acids is 1. The quantitative estimate of drug-likeness (QED) is 0.580. The highest BCUT2D eigenvalue weighted by molar-refractivity contribution is 6.30. The molecule has 0 unspecified atom stereocenters. The van der Waals surface area contributed by atoms with Crippen molar-refractivity contribution < 1.29 is 23.0 Å². The van der Waals surface area contributed by atoms with Gasteiger partial charge in [-0.05, 0) is 43.3 Å². The van der Waals surface area contributed by atoms with Crippen molar-refractivity contribution in [2.45, 2.75) is 6.92 Å². The fourth-order valence-electron chi connectivity index (χ4n) is 2.48. The van der Waals surface area contributed by atoms with Crippen LogP contribution in [0.15, 0.2) is 42.5 Å². The number of rotatable bonds is 4. The van der Waals surface area contributed by atoms with Crippen molar-refractivity contribution in [1.29, 1.82) is 5.26 Å². The lowest BCUT2D eigenvalue weighted by molar-refractivity contribution is 0.102. The van der Waals surface area contributed by atoms with Crippen LogP contribution in [0, 0.1) is 23.0 Å². The largest absolute Gasteiger partial charge is 0.515 e. The monoisotopic (exact) mass is 403 g/mol.